The molecule has 2 N–H and O–H groups in total. The second-order valence-corrected chi connectivity index (χ2v) is 5.20. The molecule has 0 unspecified atom stereocenters. The van der Waals surface area contributed by atoms with Crippen molar-refractivity contribution < 1.29 is 19.1 Å². The summed E-state index contributed by atoms with van der Waals surface area (Å²) < 4.78 is 9.84. The summed E-state index contributed by atoms with van der Waals surface area (Å²) in [5, 5.41) is 5.79. The van der Waals surface area contributed by atoms with Crippen LogP contribution in [0.25, 0.3) is 5.57 Å². The molecule has 0 amide bonds. The fourth-order valence-corrected chi connectivity index (χ4v) is 2.08. The Labute approximate surface area is 157 Å². The molecule has 1 aromatic carbocycles. The highest BCUT2D eigenvalue weighted by Crippen LogP contribution is 2.13. The predicted octanol–water partition coefficient (Wildman–Crippen LogP) is 2.70. The van der Waals surface area contributed by atoms with Gasteiger partial charge in [0, 0.05) is 24.3 Å². The van der Waals surface area contributed by atoms with Gasteiger partial charge in [0.15, 0.2) is 0 Å². The van der Waals surface area contributed by atoms with Crippen LogP contribution in [0.15, 0.2) is 72.8 Å². The molecule has 2 aromatic rings. The van der Waals surface area contributed by atoms with Crippen LogP contribution in [0, 0.1) is 0 Å². The summed E-state index contributed by atoms with van der Waals surface area (Å²) in [6, 6.07) is 14.5. The van der Waals surface area contributed by atoms with Crippen LogP contribution < -0.4 is 10.6 Å². The molecule has 7 nitrogen and oxygen atoms in total. The number of carbonyl (C=O) groups excluding carboxylic acids is 2. The monoisotopic (exact) mass is 367 g/mol. The van der Waals surface area contributed by atoms with Gasteiger partial charge in [-0.3, -0.25) is 4.98 Å². The molecule has 2 rings (SSSR count). The maximum atomic E-state index is 12.3. The number of pyridine rings is 1. The number of hydrogen-bond donors (Lipinski definition) is 2. The summed E-state index contributed by atoms with van der Waals surface area (Å²) in [4.78, 5) is 28.4. The maximum Gasteiger partial charge on any atom is 0.355 e. The quantitative estimate of drug-likeness (QED) is 0.548. The fourth-order valence-electron chi connectivity index (χ4n) is 2.08. The van der Waals surface area contributed by atoms with Crippen LogP contribution in [-0.2, 0) is 19.1 Å². The van der Waals surface area contributed by atoms with Crippen molar-refractivity contribution in [3.05, 3.63) is 78.5 Å². The lowest BCUT2D eigenvalue weighted by Crippen LogP contribution is -2.20. The van der Waals surface area contributed by atoms with E-state index in [0.717, 1.165) is 5.69 Å². The van der Waals surface area contributed by atoms with E-state index in [4.69, 9.17) is 9.47 Å². The third-order valence-electron chi connectivity index (χ3n) is 3.37. The number of esters is 2. The zero-order valence-corrected chi connectivity index (χ0v) is 15.1. The van der Waals surface area contributed by atoms with Crippen LogP contribution in [-0.4, -0.2) is 30.6 Å². The van der Waals surface area contributed by atoms with Crippen LogP contribution in [0.1, 0.15) is 12.6 Å². The van der Waals surface area contributed by atoms with Crippen molar-refractivity contribution >= 4 is 23.2 Å². The van der Waals surface area contributed by atoms with Gasteiger partial charge in [0.2, 0.25) is 0 Å². The van der Waals surface area contributed by atoms with E-state index in [2.05, 4.69) is 15.6 Å². The lowest BCUT2D eigenvalue weighted by molar-refractivity contribution is -0.137. The standard InChI is InChI=1S/C20H21N3O4/c1-3-27-19(24)16(17-11-7-8-12-21-17)13-23-18(20(25)26-2)14-22-15-9-5-4-6-10-15/h4-14,22-23H,3H2,1-2H3/b16-13-,18-14+. The number of methoxy groups -OCH3 is 1. The zero-order valence-electron chi connectivity index (χ0n) is 15.1. The number of carbonyl (C=O) groups is 2. The first kappa shape index (κ1) is 19.7. The summed E-state index contributed by atoms with van der Waals surface area (Å²) in [6.45, 7) is 1.93. The van der Waals surface area contributed by atoms with Gasteiger partial charge in [0.05, 0.1) is 19.4 Å². The topological polar surface area (TPSA) is 89.6 Å². The van der Waals surface area contributed by atoms with Crippen LogP contribution in [0.5, 0.6) is 0 Å². The highest BCUT2D eigenvalue weighted by atomic mass is 16.5. The lowest BCUT2D eigenvalue weighted by atomic mass is 10.2. The Morgan fingerprint density at radius 2 is 1.78 bits per heavy atom. The van der Waals surface area contributed by atoms with E-state index in [1.54, 1.807) is 31.3 Å². The number of hydrogen-bond acceptors (Lipinski definition) is 7. The molecule has 0 aliphatic heterocycles. The maximum absolute atomic E-state index is 12.3. The fraction of sp³-hybridized carbons (Fsp3) is 0.150. The highest BCUT2D eigenvalue weighted by molar-refractivity contribution is 6.15. The zero-order chi connectivity index (χ0) is 19.5. The molecule has 7 heteroatoms. The SMILES string of the molecule is CCOC(=O)/C(=C\N/C(=C/Nc1ccccc1)C(=O)OC)c1ccccn1. The first-order valence-corrected chi connectivity index (χ1v) is 8.31. The molecule has 0 aliphatic rings. The number of nitrogens with one attached hydrogen (secondary N) is 2. The summed E-state index contributed by atoms with van der Waals surface area (Å²) in [5.41, 5.74) is 1.51. The summed E-state index contributed by atoms with van der Waals surface area (Å²) >= 11 is 0. The van der Waals surface area contributed by atoms with Gasteiger partial charge in [-0.2, -0.15) is 0 Å². The second kappa shape index (κ2) is 10.4. The molecule has 0 saturated heterocycles. The minimum atomic E-state index is -0.598. The van der Waals surface area contributed by atoms with E-state index in [9.17, 15) is 9.59 Å². The Hall–Kier alpha value is -3.61. The molecular weight excluding hydrogens is 346 g/mol. The largest absolute Gasteiger partial charge is 0.464 e. The molecule has 27 heavy (non-hydrogen) atoms. The van der Waals surface area contributed by atoms with Crippen molar-refractivity contribution in [3.8, 4) is 0 Å². The molecule has 0 bridgehead atoms. The molecule has 0 radical (unpaired) electrons. The number of nitrogens with zero attached hydrogens (tertiary/aromatic N) is 1. The molecule has 0 saturated carbocycles. The third-order valence-corrected chi connectivity index (χ3v) is 3.37. The first-order valence-electron chi connectivity index (χ1n) is 8.31. The Balaban J connectivity index is 2.27. The number of anilines is 1. The van der Waals surface area contributed by atoms with Gasteiger partial charge in [-0.25, -0.2) is 9.59 Å². The minimum absolute atomic E-state index is 0.110. The summed E-state index contributed by atoms with van der Waals surface area (Å²) in [7, 11) is 1.27. The average molecular weight is 367 g/mol. The van der Waals surface area contributed by atoms with Gasteiger partial charge in [0.1, 0.15) is 11.3 Å². The third kappa shape index (κ3) is 6.00. The van der Waals surface area contributed by atoms with Crippen molar-refractivity contribution in [2.24, 2.45) is 0 Å². The van der Waals surface area contributed by atoms with E-state index in [1.807, 2.05) is 30.3 Å². The van der Waals surface area contributed by atoms with Gasteiger partial charge >= 0.3 is 11.9 Å². The molecule has 0 aliphatic carbocycles. The summed E-state index contributed by atoms with van der Waals surface area (Å²) in [5.74, 6) is -1.15. The Morgan fingerprint density at radius 3 is 2.41 bits per heavy atom. The highest BCUT2D eigenvalue weighted by Gasteiger charge is 2.16. The van der Waals surface area contributed by atoms with Gasteiger partial charge in [-0.1, -0.05) is 24.3 Å². The molecule has 0 atom stereocenters. The molecule has 0 spiro atoms. The lowest BCUT2D eigenvalue weighted by Gasteiger charge is -2.10. The van der Waals surface area contributed by atoms with Gasteiger partial charge in [0.25, 0.3) is 0 Å². The Bertz CT molecular complexity index is 818. The van der Waals surface area contributed by atoms with Crippen molar-refractivity contribution in [3.63, 3.8) is 0 Å². The number of aromatic nitrogens is 1. The number of rotatable bonds is 8. The summed E-state index contributed by atoms with van der Waals surface area (Å²) in [6.07, 6.45) is 4.39. The van der Waals surface area contributed by atoms with Crippen LogP contribution in [0.2, 0.25) is 0 Å². The molecule has 0 fully saturated rings. The van der Waals surface area contributed by atoms with E-state index in [-0.39, 0.29) is 17.9 Å². The van der Waals surface area contributed by atoms with E-state index < -0.39 is 11.9 Å². The normalized spacial score (nSPS) is 11.5. The van der Waals surface area contributed by atoms with Gasteiger partial charge < -0.3 is 20.1 Å². The Morgan fingerprint density at radius 1 is 1.04 bits per heavy atom. The van der Waals surface area contributed by atoms with Crippen molar-refractivity contribution in [1.29, 1.82) is 0 Å². The number of benzene rings is 1. The molecule has 140 valence electrons. The molecular formula is C20H21N3O4. The Kier molecular flexibility index (Phi) is 7.59. The van der Waals surface area contributed by atoms with E-state index in [0.29, 0.717) is 5.69 Å². The van der Waals surface area contributed by atoms with Crippen LogP contribution in [0.4, 0.5) is 5.69 Å². The van der Waals surface area contributed by atoms with Gasteiger partial charge in [-0.15, -0.1) is 0 Å². The van der Waals surface area contributed by atoms with E-state index >= 15 is 0 Å². The van der Waals surface area contributed by atoms with Gasteiger partial charge in [-0.05, 0) is 31.2 Å². The van der Waals surface area contributed by atoms with Crippen LogP contribution in [0.3, 0.4) is 0 Å². The predicted molar refractivity (Wildman–Crippen MR) is 102 cm³/mol. The number of para-hydroxylation sites is 1. The van der Waals surface area contributed by atoms with Crippen molar-refractivity contribution in [2.45, 2.75) is 6.92 Å². The average Bonchev–Trinajstić information content (AvgIpc) is 2.71. The van der Waals surface area contributed by atoms with Crippen molar-refractivity contribution in [2.75, 3.05) is 19.0 Å². The molecule has 1 aromatic heterocycles. The molecule has 1 heterocycles. The van der Waals surface area contributed by atoms with Crippen molar-refractivity contribution in [1.82, 2.24) is 10.3 Å². The van der Waals surface area contributed by atoms with Crippen LogP contribution >= 0.6 is 0 Å². The first-order chi connectivity index (χ1) is 13.2. The smallest absolute Gasteiger partial charge is 0.355 e. The van der Waals surface area contributed by atoms with E-state index in [1.165, 1.54) is 19.5 Å². The minimum Gasteiger partial charge on any atom is -0.464 e. The second-order valence-electron chi connectivity index (χ2n) is 5.20. The number of ether oxygens (including phenoxy) is 2.